The number of allylic oxidation sites excluding steroid dienone is 3. The van der Waals surface area contributed by atoms with Gasteiger partial charge in [0.15, 0.2) is 0 Å². The largest absolute Gasteiger partial charge is 0.394 e. The minimum Gasteiger partial charge on any atom is -0.394 e. The van der Waals surface area contributed by atoms with E-state index in [1.807, 2.05) is 6.08 Å². The summed E-state index contributed by atoms with van der Waals surface area (Å²) in [6.07, 6.45) is 44.8. The van der Waals surface area contributed by atoms with Crippen molar-refractivity contribution < 1.29 is 20.1 Å². The number of nitrogens with one attached hydrogen (secondary N) is 1. The van der Waals surface area contributed by atoms with Gasteiger partial charge in [0.1, 0.15) is 6.10 Å². The fourth-order valence-corrected chi connectivity index (χ4v) is 6.24. The summed E-state index contributed by atoms with van der Waals surface area (Å²) < 4.78 is 0. The predicted octanol–water partition coefficient (Wildman–Crippen LogP) is 11.4. The number of hydrogen-bond donors (Lipinski definition) is 4. The molecule has 0 aromatic heterocycles. The Morgan fingerprint density at radius 3 is 1.23 bits per heavy atom. The maximum absolute atomic E-state index is 12.4. The van der Waals surface area contributed by atoms with Crippen LogP contribution in [0.1, 0.15) is 213 Å². The first-order chi connectivity index (χ1) is 23.1. The number of rotatable bonds is 37. The number of hydrogen-bond acceptors (Lipinski definition) is 4. The molecular weight excluding hydrogens is 582 g/mol. The molecule has 4 N–H and O–H groups in total. The summed E-state index contributed by atoms with van der Waals surface area (Å²) >= 11 is 0. The van der Waals surface area contributed by atoms with Crippen molar-refractivity contribution in [1.82, 2.24) is 5.32 Å². The molecule has 0 fully saturated rings. The maximum atomic E-state index is 12.4. The van der Waals surface area contributed by atoms with Gasteiger partial charge in [-0.05, 0) is 44.9 Å². The molecule has 0 saturated carbocycles. The Labute approximate surface area is 292 Å². The fraction of sp³-hybridized carbons (Fsp3) is 0.881. The van der Waals surface area contributed by atoms with Gasteiger partial charge in [0, 0.05) is 0 Å². The van der Waals surface area contributed by atoms with Crippen LogP contribution in [-0.4, -0.2) is 46.1 Å². The molecule has 5 nitrogen and oxygen atoms in total. The first-order valence-electron chi connectivity index (χ1n) is 20.7. The molecule has 1 amide bonds. The molecule has 0 bridgehead atoms. The van der Waals surface area contributed by atoms with Gasteiger partial charge >= 0.3 is 0 Å². The zero-order chi connectivity index (χ0) is 34.5. The Balaban J connectivity index is 3.67. The molecule has 0 rings (SSSR count). The van der Waals surface area contributed by atoms with Crippen molar-refractivity contribution >= 4 is 5.91 Å². The normalized spacial score (nSPS) is 13.9. The van der Waals surface area contributed by atoms with Gasteiger partial charge in [0.25, 0.3) is 0 Å². The van der Waals surface area contributed by atoms with Crippen LogP contribution in [0, 0.1) is 0 Å². The lowest BCUT2D eigenvalue weighted by atomic mass is 10.0. The van der Waals surface area contributed by atoms with E-state index < -0.39 is 24.2 Å². The summed E-state index contributed by atoms with van der Waals surface area (Å²) in [7, 11) is 0. The van der Waals surface area contributed by atoms with E-state index in [-0.39, 0.29) is 6.61 Å². The Morgan fingerprint density at radius 2 is 0.851 bits per heavy atom. The summed E-state index contributed by atoms with van der Waals surface area (Å²) in [5.74, 6) is -0.504. The van der Waals surface area contributed by atoms with E-state index in [1.165, 1.54) is 161 Å². The van der Waals surface area contributed by atoms with Crippen LogP contribution in [0.15, 0.2) is 24.3 Å². The van der Waals surface area contributed by atoms with Gasteiger partial charge in [-0.1, -0.05) is 192 Å². The molecule has 0 saturated heterocycles. The van der Waals surface area contributed by atoms with Crippen molar-refractivity contribution in [2.24, 2.45) is 0 Å². The third-order valence-electron chi connectivity index (χ3n) is 9.54. The van der Waals surface area contributed by atoms with Crippen LogP contribution in [0.3, 0.4) is 0 Å². The van der Waals surface area contributed by atoms with Crippen LogP contribution in [0.4, 0.5) is 0 Å². The highest BCUT2D eigenvalue weighted by atomic mass is 16.3. The predicted molar refractivity (Wildman–Crippen MR) is 204 cm³/mol. The summed E-state index contributed by atoms with van der Waals surface area (Å²) in [6, 6.07) is -0.794. The summed E-state index contributed by atoms with van der Waals surface area (Å²) in [6.45, 7) is 4.17. The van der Waals surface area contributed by atoms with E-state index in [1.54, 1.807) is 6.08 Å². The summed E-state index contributed by atoms with van der Waals surface area (Å²) in [5.41, 5.74) is 0. The van der Waals surface area contributed by atoms with Gasteiger partial charge in [-0.3, -0.25) is 4.79 Å². The quantitative estimate of drug-likeness (QED) is 0.0393. The zero-order valence-corrected chi connectivity index (χ0v) is 31.4. The molecule has 0 unspecified atom stereocenters. The van der Waals surface area contributed by atoms with E-state index >= 15 is 0 Å². The van der Waals surface area contributed by atoms with E-state index in [9.17, 15) is 20.1 Å². The van der Waals surface area contributed by atoms with Crippen molar-refractivity contribution in [3.63, 3.8) is 0 Å². The van der Waals surface area contributed by atoms with Crippen molar-refractivity contribution in [2.75, 3.05) is 6.61 Å². The third kappa shape index (κ3) is 33.1. The lowest BCUT2D eigenvalue weighted by Gasteiger charge is -2.21. The molecule has 278 valence electrons. The van der Waals surface area contributed by atoms with Gasteiger partial charge in [-0.15, -0.1) is 0 Å². The van der Waals surface area contributed by atoms with Crippen LogP contribution < -0.4 is 5.32 Å². The van der Waals surface area contributed by atoms with Crippen molar-refractivity contribution in [3.8, 4) is 0 Å². The van der Waals surface area contributed by atoms with E-state index in [0.717, 1.165) is 32.1 Å². The third-order valence-corrected chi connectivity index (χ3v) is 9.54. The molecule has 3 atom stereocenters. The van der Waals surface area contributed by atoms with Crippen molar-refractivity contribution in [1.29, 1.82) is 0 Å². The van der Waals surface area contributed by atoms with Crippen LogP contribution in [-0.2, 0) is 4.79 Å². The number of aliphatic hydroxyl groups excluding tert-OH is 3. The second-order valence-electron chi connectivity index (χ2n) is 14.2. The van der Waals surface area contributed by atoms with Crippen LogP contribution in [0.2, 0.25) is 0 Å². The highest BCUT2D eigenvalue weighted by molar-refractivity contribution is 5.80. The monoisotopic (exact) mass is 664 g/mol. The van der Waals surface area contributed by atoms with Gasteiger partial charge in [-0.2, -0.15) is 0 Å². The molecule has 5 heteroatoms. The van der Waals surface area contributed by atoms with Crippen LogP contribution >= 0.6 is 0 Å². The van der Waals surface area contributed by atoms with Crippen LogP contribution in [0.25, 0.3) is 0 Å². The average molecular weight is 664 g/mol. The zero-order valence-electron chi connectivity index (χ0n) is 31.4. The second kappa shape index (κ2) is 37.6. The highest BCUT2D eigenvalue weighted by Gasteiger charge is 2.22. The number of carbonyl (C=O) groups is 1. The molecule has 0 aromatic rings. The standard InChI is InChI=1S/C42H81NO4/c1-3-5-7-9-11-13-15-17-18-19-20-21-22-23-25-27-29-31-33-35-37-41(46)42(47)43-39(38-44)40(45)36-34-32-30-28-26-24-16-14-12-10-8-6-4-2/h17-18,34,36,39-41,44-46H,3-16,19-33,35,37-38H2,1-2H3,(H,43,47)/b18-17-,36-34+/t39-,40+,41+/m0/s1. The van der Waals surface area contributed by atoms with E-state index in [2.05, 4.69) is 31.3 Å². The molecule has 0 radical (unpaired) electrons. The van der Waals surface area contributed by atoms with Gasteiger partial charge in [0.05, 0.1) is 18.8 Å². The first kappa shape index (κ1) is 45.8. The molecule has 0 spiro atoms. The van der Waals surface area contributed by atoms with Crippen molar-refractivity contribution in [3.05, 3.63) is 24.3 Å². The smallest absolute Gasteiger partial charge is 0.249 e. The number of aliphatic hydroxyl groups is 3. The SMILES string of the molecule is CCCCCCCC/C=C\CCCCCCCCCCCC[C@@H](O)C(=O)N[C@@H](CO)[C@H](O)/C=C/CCCCCCCCCCCCC. The van der Waals surface area contributed by atoms with Gasteiger partial charge in [0.2, 0.25) is 5.91 Å². The minimum atomic E-state index is -1.10. The van der Waals surface area contributed by atoms with E-state index in [0.29, 0.717) is 6.42 Å². The Hall–Kier alpha value is -1.17. The fourth-order valence-electron chi connectivity index (χ4n) is 6.24. The Bertz CT molecular complexity index is 694. The van der Waals surface area contributed by atoms with Crippen molar-refractivity contribution in [2.45, 2.75) is 231 Å². The molecule has 47 heavy (non-hydrogen) atoms. The number of unbranched alkanes of at least 4 members (excludes halogenated alkanes) is 27. The number of amides is 1. The molecule has 0 aliphatic carbocycles. The maximum Gasteiger partial charge on any atom is 0.249 e. The molecule has 0 aliphatic rings. The average Bonchev–Trinajstić information content (AvgIpc) is 3.07. The second-order valence-corrected chi connectivity index (χ2v) is 14.2. The number of carbonyl (C=O) groups excluding carboxylic acids is 1. The molecule has 0 heterocycles. The molecular formula is C42H81NO4. The lowest BCUT2D eigenvalue weighted by molar-refractivity contribution is -0.131. The van der Waals surface area contributed by atoms with Crippen LogP contribution in [0.5, 0.6) is 0 Å². The highest BCUT2D eigenvalue weighted by Crippen LogP contribution is 2.15. The molecule has 0 aromatic carbocycles. The lowest BCUT2D eigenvalue weighted by Crippen LogP contribution is -2.48. The minimum absolute atomic E-state index is 0.362. The summed E-state index contributed by atoms with van der Waals surface area (Å²) in [4.78, 5) is 12.4. The first-order valence-corrected chi connectivity index (χ1v) is 20.7. The topological polar surface area (TPSA) is 89.8 Å². The van der Waals surface area contributed by atoms with Gasteiger partial charge < -0.3 is 20.6 Å². The molecule has 0 aliphatic heterocycles. The van der Waals surface area contributed by atoms with E-state index in [4.69, 9.17) is 0 Å². The Kier molecular flexibility index (Phi) is 36.7. The summed E-state index contributed by atoms with van der Waals surface area (Å²) in [5, 5.41) is 33.0. The Morgan fingerprint density at radius 1 is 0.511 bits per heavy atom. The van der Waals surface area contributed by atoms with Gasteiger partial charge in [-0.25, -0.2) is 0 Å².